The van der Waals surface area contributed by atoms with Gasteiger partial charge >= 0.3 is 11.9 Å². The van der Waals surface area contributed by atoms with Crippen LogP contribution in [0.3, 0.4) is 0 Å². The maximum Gasteiger partial charge on any atom is 0.343 e. The minimum Gasteiger partial charge on any atom is -0.494 e. The van der Waals surface area contributed by atoms with Crippen LogP contribution in [-0.4, -0.2) is 43.7 Å². The van der Waals surface area contributed by atoms with E-state index in [0.717, 1.165) is 18.6 Å². The van der Waals surface area contributed by atoms with Crippen LogP contribution in [0, 0.1) is 0 Å². The Labute approximate surface area is 247 Å². The van der Waals surface area contributed by atoms with Gasteiger partial charge in [0.25, 0.3) is 0 Å². The molecule has 0 saturated carbocycles. The van der Waals surface area contributed by atoms with E-state index in [1.165, 1.54) is 25.7 Å². The van der Waals surface area contributed by atoms with Gasteiger partial charge in [-0.15, -0.1) is 0 Å². The molecule has 0 radical (unpaired) electrons. The normalized spacial score (nSPS) is 15.6. The van der Waals surface area contributed by atoms with Crippen LogP contribution < -0.4 is 18.9 Å². The fourth-order valence-electron chi connectivity index (χ4n) is 4.43. The van der Waals surface area contributed by atoms with Crippen molar-refractivity contribution in [3.05, 3.63) is 83.9 Å². The summed E-state index contributed by atoms with van der Waals surface area (Å²) >= 11 is 0. The Bertz CT molecular complexity index is 1280. The highest BCUT2D eigenvalue weighted by Crippen LogP contribution is 2.29. The van der Waals surface area contributed by atoms with Crippen molar-refractivity contribution in [1.82, 2.24) is 0 Å². The van der Waals surface area contributed by atoms with E-state index < -0.39 is 17.7 Å². The van der Waals surface area contributed by atoms with Crippen LogP contribution in [0.5, 0.6) is 23.0 Å². The van der Waals surface area contributed by atoms with Crippen LogP contribution >= 0.6 is 0 Å². The maximum atomic E-state index is 12.8. The Morgan fingerprint density at radius 3 is 1.98 bits per heavy atom. The average molecular weight is 577 g/mol. The largest absolute Gasteiger partial charge is 0.494 e. The molecule has 0 unspecified atom stereocenters. The molecule has 1 aliphatic heterocycles. The number of benzene rings is 3. The van der Waals surface area contributed by atoms with Crippen molar-refractivity contribution in [2.75, 3.05) is 19.8 Å². The second-order valence-electron chi connectivity index (χ2n) is 10.7. The SMILES string of the molecule is CCCCCCCCOc1ccc(C(=O)Oc2ccc(C(=O)Oc3ccccc3OC[C@H]3COC(C)(C)O3)cc2)cc1. The monoisotopic (exact) mass is 576 g/mol. The number of unbranched alkanes of at least 4 members (excludes halogenated alkanes) is 5. The fourth-order valence-corrected chi connectivity index (χ4v) is 4.43. The molecule has 1 heterocycles. The summed E-state index contributed by atoms with van der Waals surface area (Å²) < 4.78 is 34.0. The first-order valence-corrected chi connectivity index (χ1v) is 14.6. The van der Waals surface area contributed by atoms with Gasteiger partial charge in [-0.2, -0.15) is 0 Å². The van der Waals surface area contributed by atoms with Crippen molar-refractivity contribution in [1.29, 1.82) is 0 Å². The number of carbonyl (C=O) groups excluding carboxylic acids is 2. The zero-order chi connectivity index (χ0) is 29.8. The highest BCUT2D eigenvalue weighted by molar-refractivity contribution is 5.93. The Morgan fingerprint density at radius 2 is 1.33 bits per heavy atom. The molecule has 0 aromatic heterocycles. The van der Waals surface area contributed by atoms with Crippen molar-refractivity contribution < 1.29 is 38.0 Å². The second kappa shape index (κ2) is 15.4. The predicted octanol–water partition coefficient (Wildman–Crippen LogP) is 7.39. The molecule has 0 spiro atoms. The van der Waals surface area contributed by atoms with Gasteiger partial charge in [-0.25, -0.2) is 9.59 Å². The molecule has 1 atom stereocenters. The lowest BCUT2D eigenvalue weighted by molar-refractivity contribution is -0.141. The van der Waals surface area contributed by atoms with Crippen LogP contribution in [0.15, 0.2) is 72.8 Å². The Kier molecular flexibility index (Phi) is 11.4. The number of carbonyl (C=O) groups is 2. The van der Waals surface area contributed by atoms with Gasteiger partial charge in [-0.3, -0.25) is 0 Å². The van der Waals surface area contributed by atoms with Gasteiger partial charge in [-0.05, 0) is 80.9 Å². The highest BCUT2D eigenvalue weighted by Gasteiger charge is 2.33. The van der Waals surface area contributed by atoms with E-state index in [0.29, 0.717) is 35.8 Å². The van der Waals surface area contributed by atoms with Crippen molar-refractivity contribution in [3.63, 3.8) is 0 Å². The van der Waals surface area contributed by atoms with Crippen LogP contribution in [0.2, 0.25) is 0 Å². The van der Waals surface area contributed by atoms with E-state index in [9.17, 15) is 9.59 Å². The summed E-state index contributed by atoms with van der Waals surface area (Å²) in [5.74, 6) is 0.0255. The number of hydrogen-bond donors (Lipinski definition) is 0. The number of ether oxygens (including phenoxy) is 6. The zero-order valence-electron chi connectivity index (χ0n) is 24.6. The lowest BCUT2D eigenvalue weighted by Gasteiger charge is -2.18. The van der Waals surface area contributed by atoms with Gasteiger partial charge in [0.2, 0.25) is 0 Å². The van der Waals surface area contributed by atoms with Crippen LogP contribution in [0.1, 0.15) is 80.0 Å². The minimum absolute atomic E-state index is 0.222. The molecule has 0 amide bonds. The summed E-state index contributed by atoms with van der Waals surface area (Å²) in [6.45, 7) is 7.24. The Morgan fingerprint density at radius 1 is 0.738 bits per heavy atom. The van der Waals surface area contributed by atoms with Gasteiger partial charge < -0.3 is 28.4 Å². The first-order valence-electron chi connectivity index (χ1n) is 14.6. The standard InChI is InChI=1S/C34H40O8/c1-4-5-6-7-8-11-22-37-27-18-14-25(15-19-27)32(35)40-28-20-16-26(17-21-28)33(36)41-31-13-10-9-12-30(31)38-23-29-24-39-34(2,3)42-29/h9-10,12-21,29H,4-8,11,22-24H2,1-3H3/t29-/m0/s1. The third-order valence-electron chi connectivity index (χ3n) is 6.70. The lowest BCUT2D eigenvalue weighted by atomic mass is 10.1. The third-order valence-corrected chi connectivity index (χ3v) is 6.70. The molecule has 1 saturated heterocycles. The summed E-state index contributed by atoms with van der Waals surface area (Å²) in [5.41, 5.74) is 0.700. The minimum atomic E-state index is -0.646. The summed E-state index contributed by atoms with van der Waals surface area (Å²) in [5, 5.41) is 0. The van der Waals surface area contributed by atoms with E-state index in [-0.39, 0.29) is 18.5 Å². The van der Waals surface area contributed by atoms with Gasteiger partial charge in [0, 0.05) is 0 Å². The molecule has 1 aliphatic rings. The van der Waals surface area contributed by atoms with Crippen LogP contribution in [0.25, 0.3) is 0 Å². The lowest BCUT2D eigenvalue weighted by Crippen LogP contribution is -2.25. The first kappa shape index (κ1) is 31.1. The maximum absolute atomic E-state index is 12.8. The molecular weight excluding hydrogens is 536 g/mol. The summed E-state index contributed by atoms with van der Waals surface area (Å²) in [4.78, 5) is 25.4. The van der Waals surface area contributed by atoms with Gasteiger partial charge in [0.15, 0.2) is 17.3 Å². The number of esters is 2. The first-order chi connectivity index (χ1) is 20.3. The van der Waals surface area contributed by atoms with Crippen molar-refractivity contribution in [3.8, 4) is 23.0 Å². The third kappa shape index (κ3) is 9.60. The molecule has 8 heteroatoms. The van der Waals surface area contributed by atoms with Gasteiger partial charge in [-0.1, -0.05) is 51.2 Å². The van der Waals surface area contributed by atoms with Crippen molar-refractivity contribution >= 4 is 11.9 Å². The Balaban J connectivity index is 1.24. The van der Waals surface area contributed by atoms with E-state index in [1.807, 2.05) is 13.8 Å². The highest BCUT2D eigenvalue weighted by atomic mass is 16.7. The molecule has 0 bridgehead atoms. The predicted molar refractivity (Wildman–Crippen MR) is 159 cm³/mol. The molecular formula is C34H40O8. The van der Waals surface area contributed by atoms with E-state index in [2.05, 4.69) is 6.92 Å². The van der Waals surface area contributed by atoms with Crippen molar-refractivity contribution in [2.24, 2.45) is 0 Å². The van der Waals surface area contributed by atoms with E-state index >= 15 is 0 Å². The summed E-state index contributed by atoms with van der Waals surface area (Å²) in [7, 11) is 0. The quantitative estimate of drug-likeness (QED) is 0.105. The topological polar surface area (TPSA) is 89.5 Å². The Hall–Kier alpha value is -3.88. The van der Waals surface area contributed by atoms with Gasteiger partial charge in [0.05, 0.1) is 24.3 Å². The van der Waals surface area contributed by atoms with Crippen molar-refractivity contribution in [2.45, 2.75) is 71.2 Å². The van der Waals surface area contributed by atoms with Gasteiger partial charge in [0.1, 0.15) is 24.2 Å². The molecule has 4 rings (SSSR count). The average Bonchev–Trinajstić information content (AvgIpc) is 3.35. The van der Waals surface area contributed by atoms with E-state index in [1.54, 1.807) is 72.8 Å². The second-order valence-corrected chi connectivity index (χ2v) is 10.7. The molecule has 42 heavy (non-hydrogen) atoms. The summed E-state index contributed by atoms with van der Waals surface area (Å²) in [6, 6.07) is 20.0. The molecule has 0 N–H and O–H groups in total. The summed E-state index contributed by atoms with van der Waals surface area (Å²) in [6.07, 6.45) is 6.99. The smallest absolute Gasteiger partial charge is 0.343 e. The van der Waals surface area contributed by atoms with E-state index in [4.69, 9.17) is 28.4 Å². The molecule has 3 aromatic carbocycles. The number of para-hydroxylation sites is 2. The molecule has 224 valence electrons. The zero-order valence-corrected chi connectivity index (χ0v) is 24.6. The van der Waals surface area contributed by atoms with Crippen LogP contribution in [-0.2, 0) is 9.47 Å². The van der Waals surface area contributed by atoms with Crippen LogP contribution in [0.4, 0.5) is 0 Å². The molecule has 3 aromatic rings. The number of rotatable bonds is 15. The number of hydrogen-bond acceptors (Lipinski definition) is 8. The molecule has 8 nitrogen and oxygen atoms in total. The fraction of sp³-hybridized carbons (Fsp3) is 0.412. The molecule has 0 aliphatic carbocycles. The molecule has 1 fully saturated rings.